The number of aromatic carboxylic acids is 1. The number of hydrogen-bond acceptors (Lipinski definition) is 4. The summed E-state index contributed by atoms with van der Waals surface area (Å²) in [6, 6.07) is 6.73. The monoisotopic (exact) mass is 263 g/mol. The van der Waals surface area contributed by atoms with E-state index in [0.29, 0.717) is 6.61 Å². The Bertz CT molecular complexity index is 533. The van der Waals surface area contributed by atoms with Gasteiger partial charge in [0.2, 0.25) is 0 Å². The Kier molecular flexibility index (Phi) is 4.07. The molecule has 5 heteroatoms. The zero-order valence-corrected chi connectivity index (χ0v) is 10.7. The second-order valence-electron chi connectivity index (χ2n) is 3.75. The van der Waals surface area contributed by atoms with E-state index in [0.717, 1.165) is 22.7 Å². The van der Waals surface area contributed by atoms with Gasteiger partial charge in [-0.05, 0) is 12.1 Å². The van der Waals surface area contributed by atoms with Gasteiger partial charge in [-0.1, -0.05) is 12.1 Å². The van der Waals surface area contributed by atoms with Crippen molar-refractivity contribution in [1.82, 2.24) is 4.98 Å². The van der Waals surface area contributed by atoms with E-state index in [2.05, 4.69) is 4.98 Å². The standard InChI is InChI=1S/C13H13NO3S/c1-17-7-6-12-14-11(8-18-12)9-2-4-10(5-3-9)13(15)16/h2-5,8H,6-7H2,1H3,(H,15,16). The molecule has 4 nitrogen and oxygen atoms in total. The van der Waals surface area contributed by atoms with Gasteiger partial charge in [-0.3, -0.25) is 0 Å². The maximum absolute atomic E-state index is 10.7. The highest BCUT2D eigenvalue weighted by atomic mass is 32.1. The second-order valence-corrected chi connectivity index (χ2v) is 4.69. The van der Waals surface area contributed by atoms with Crippen molar-refractivity contribution in [2.75, 3.05) is 13.7 Å². The fraction of sp³-hybridized carbons (Fsp3) is 0.231. The lowest BCUT2D eigenvalue weighted by Gasteiger charge is -1.98. The quantitative estimate of drug-likeness (QED) is 0.901. The molecule has 18 heavy (non-hydrogen) atoms. The van der Waals surface area contributed by atoms with Gasteiger partial charge in [-0.2, -0.15) is 0 Å². The molecule has 1 aromatic heterocycles. The molecular formula is C13H13NO3S. The SMILES string of the molecule is COCCc1nc(-c2ccc(C(=O)O)cc2)cs1. The van der Waals surface area contributed by atoms with Gasteiger partial charge >= 0.3 is 5.97 Å². The molecule has 0 unspecified atom stereocenters. The van der Waals surface area contributed by atoms with E-state index in [1.54, 1.807) is 42.7 Å². The smallest absolute Gasteiger partial charge is 0.335 e. The molecule has 0 bridgehead atoms. The molecule has 0 atom stereocenters. The summed E-state index contributed by atoms with van der Waals surface area (Å²) < 4.78 is 5.00. The molecule has 0 aliphatic rings. The molecule has 1 aromatic carbocycles. The van der Waals surface area contributed by atoms with Crippen molar-refractivity contribution in [3.8, 4) is 11.3 Å². The van der Waals surface area contributed by atoms with Gasteiger partial charge in [0.05, 0.1) is 22.9 Å². The van der Waals surface area contributed by atoms with Crippen LogP contribution in [-0.4, -0.2) is 29.8 Å². The molecule has 0 aliphatic carbocycles. The molecule has 2 rings (SSSR count). The summed E-state index contributed by atoms with van der Waals surface area (Å²) in [4.78, 5) is 15.2. The number of carbonyl (C=O) groups is 1. The molecular weight excluding hydrogens is 250 g/mol. The zero-order chi connectivity index (χ0) is 13.0. The van der Waals surface area contributed by atoms with Crippen molar-refractivity contribution in [2.45, 2.75) is 6.42 Å². The van der Waals surface area contributed by atoms with Crippen molar-refractivity contribution in [1.29, 1.82) is 0 Å². The van der Waals surface area contributed by atoms with Gasteiger partial charge in [0, 0.05) is 24.5 Å². The van der Waals surface area contributed by atoms with Crippen molar-refractivity contribution < 1.29 is 14.6 Å². The largest absolute Gasteiger partial charge is 0.478 e. The minimum Gasteiger partial charge on any atom is -0.478 e. The zero-order valence-electron chi connectivity index (χ0n) is 9.92. The Balaban J connectivity index is 2.15. The van der Waals surface area contributed by atoms with Crippen LogP contribution in [0, 0.1) is 0 Å². The Morgan fingerprint density at radius 2 is 2.11 bits per heavy atom. The normalized spacial score (nSPS) is 10.5. The Morgan fingerprint density at radius 1 is 1.39 bits per heavy atom. The highest BCUT2D eigenvalue weighted by Crippen LogP contribution is 2.22. The van der Waals surface area contributed by atoms with Crippen LogP contribution in [0.3, 0.4) is 0 Å². The van der Waals surface area contributed by atoms with E-state index >= 15 is 0 Å². The first-order chi connectivity index (χ1) is 8.70. The van der Waals surface area contributed by atoms with E-state index in [9.17, 15) is 4.79 Å². The highest BCUT2D eigenvalue weighted by Gasteiger charge is 2.06. The molecule has 1 N–H and O–H groups in total. The van der Waals surface area contributed by atoms with Crippen LogP contribution in [-0.2, 0) is 11.2 Å². The van der Waals surface area contributed by atoms with Gasteiger partial charge in [-0.25, -0.2) is 9.78 Å². The van der Waals surface area contributed by atoms with Crippen molar-refractivity contribution >= 4 is 17.3 Å². The number of methoxy groups -OCH3 is 1. The first kappa shape index (κ1) is 12.7. The highest BCUT2D eigenvalue weighted by molar-refractivity contribution is 7.09. The third-order valence-electron chi connectivity index (χ3n) is 2.50. The van der Waals surface area contributed by atoms with E-state index in [1.807, 2.05) is 5.38 Å². The summed E-state index contributed by atoms with van der Waals surface area (Å²) in [6.45, 7) is 0.658. The summed E-state index contributed by atoms with van der Waals surface area (Å²) in [5.74, 6) is -0.916. The summed E-state index contributed by atoms with van der Waals surface area (Å²) in [7, 11) is 1.67. The second kappa shape index (κ2) is 5.75. The van der Waals surface area contributed by atoms with Crippen LogP contribution in [0.1, 0.15) is 15.4 Å². The van der Waals surface area contributed by atoms with E-state index < -0.39 is 5.97 Å². The van der Waals surface area contributed by atoms with Gasteiger partial charge in [0.1, 0.15) is 0 Å². The van der Waals surface area contributed by atoms with Crippen LogP contribution in [0.5, 0.6) is 0 Å². The van der Waals surface area contributed by atoms with Crippen LogP contribution < -0.4 is 0 Å². The van der Waals surface area contributed by atoms with Crippen molar-refractivity contribution in [2.24, 2.45) is 0 Å². The predicted octanol–water partition coefficient (Wildman–Crippen LogP) is 2.70. The van der Waals surface area contributed by atoms with Crippen LogP contribution in [0.4, 0.5) is 0 Å². The van der Waals surface area contributed by atoms with E-state index in [1.165, 1.54) is 0 Å². The molecule has 0 saturated carbocycles. The average molecular weight is 263 g/mol. The van der Waals surface area contributed by atoms with Gasteiger partial charge in [0.25, 0.3) is 0 Å². The first-order valence-electron chi connectivity index (χ1n) is 5.48. The van der Waals surface area contributed by atoms with Crippen molar-refractivity contribution in [3.63, 3.8) is 0 Å². The summed E-state index contributed by atoms with van der Waals surface area (Å²) >= 11 is 1.59. The van der Waals surface area contributed by atoms with Crippen LogP contribution >= 0.6 is 11.3 Å². The lowest BCUT2D eigenvalue weighted by Crippen LogP contribution is -1.95. The van der Waals surface area contributed by atoms with Crippen LogP contribution in [0.15, 0.2) is 29.6 Å². The minimum absolute atomic E-state index is 0.286. The number of carboxylic acid groups (broad SMARTS) is 1. The number of carboxylic acids is 1. The number of thiazole rings is 1. The summed E-state index contributed by atoms with van der Waals surface area (Å²) in [5, 5.41) is 11.8. The lowest BCUT2D eigenvalue weighted by molar-refractivity contribution is 0.0697. The number of nitrogens with zero attached hydrogens (tertiary/aromatic N) is 1. The lowest BCUT2D eigenvalue weighted by atomic mass is 10.1. The maximum Gasteiger partial charge on any atom is 0.335 e. The first-order valence-corrected chi connectivity index (χ1v) is 6.35. The fourth-order valence-corrected chi connectivity index (χ4v) is 2.32. The molecule has 0 radical (unpaired) electrons. The van der Waals surface area contributed by atoms with Gasteiger partial charge in [0.15, 0.2) is 0 Å². The van der Waals surface area contributed by atoms with Crippen LogP contribution in [0.25, 0.3) is 11.3 Å². The third kappa shape index (κ3) is 2.94. The van der Waals surface area contributed by atoms with Crippen molar-refractivity contribution in [3.05, 3.63) is 40.2 Å². The van der Waals surface area contributed by atoms with E-state index in [4.69, 9.17) is 9.84 Å². The maximum atomic E-state index is 10.7. The fourth-order valence-electron chi connectivity index (χ4n) is 1.53. The molecule has 94 valence electrons. The molecule has 0 aliphatic heterocycles. The number of aromatic nitrogens is 1. The molecule has 0 saturated heterocycles. The van der Waals surface area contributed by atoms with E-state index in [-0.39, 0.29) is 5.56 Å². The molecule has 0 spiro atoms. The third-order valence-corrected chi connectivity index (χ3v) is 3.41. The number of hydrogen-bond donors (Lipinski definition) is 1. The van der Waals surface area contributed by atoms with Crippen LogP contribution in [0.2, 0.25) is 0 Å². The molecule has 1 heterocycles. The van der Waals surface area contributed by atoms with Gasteiger partial charge < -0.3 is 9.84 Å². The number of rotatable bonds is 5. The number of benzene rings is 1. The Morgan fingerprint density at radius 3 is 2.72 bits per heavy atom. The topological polar surface area (TPSA) is 59.4 Å². The predicted molar refractivity (Wildman–Crippen MR) is 70.1 cm³/mol. The molecule has 0 amide bonds. The summed E-state index contributed by atoms with van der Waals surface area (Å²) in [5.41, 5.74) is 2.09. The van der Waals surface area contributed by atoms with Gasteiger partial charge in [-0.15, -0.1) is 11.3 Å². The molecule has 2 aromatic rings. The average Bonchev–Trinajstić information content (AvgIpc) is 2.85. The Labute approximate surface area is 109 Å². The summed E-state index contributed by atoms with van der Waals surface area (Å²) in [6.07, 6.45) is 0.800. The number of ether oxygens (including phenoxy) is 1. The minimum atomic E-state index is -0.916. The Hall–Kier alpha value is -1.72. The molecule has 0 fully saturated rings.